The Morgan fingerprint density at radius 2 is 1.70 bits per heavy atom. The Labute approximate surface area is 128 Å². The maximum absolute atomic E-state index is 5.40. The Bertz CT molecular complexity index is 581. The van der Waals surface area contributed by atoms with Gasteiger partial charge >= 0.3 is 0 Å². The zero-order valence-corrected chi connectivity index (χ0v) is 13.6. The minimum atomic E-state index is 0.230. The van der Waals surface area contributed by atoms with Gasteiger partial charge in [-0.25, -0.2) is 0 Å². The van der Waals surface area contributed by atoms with E-state index in [4.69, 9.17) is 9.47 Å². The second kappa shape index (κ2) is 6.80. The molecule has 0 heterocycles. The van der Waals surface area contributed by atoms with Gasteiger partial charge in [-0.15, -0.1) is 0 Å². The van der Waals surface area contributed by atoms with Crippen LogP contribution in [-0.4, -0.2) is 14.2 Å². The Kier molecular flexibility index (Phi) is 5.07. The van der Waals surface area contributed by atoms with Gasteiger partial charge in [-0.1, -0.05) is 46.3 Å². The van der Waals surface area contributed by atoms with E-state index in [2.05, 4.69) is 40.2 Å². The number of aryl methyl sites for hydroxylation is 1. The van der Waals surface area contributed by atoms with Crippen molar-refractivity contribution < 1.29 is 9.47 Å². The van der Waals surface area contributed by atoms with Crippen LogP contribution in [0.3, 0.4) is 0 Å². The van der Waals surface area contributed by atoms with Crippen LogP contribution in [0.15, 0.2) is 42.5 Å². The summed E-state index contributed by atoms with van der Waals surface area (Å²) < 4.78 is 10.8. The summed E-state index contributed by atoms with van der Waals surface area (Å²) in [5.41, 5.74) is 3.54. The molecule has 3 heteroatoms. The smallest absolute Gasteiger partial charge is 0.122 e. The van der Waals surface area contributed by atoms with Crippen molar-refractivity contribution >= 4 is 15.9 Å². The summed E-state index contributed by atoms with van der Waals surface area (Å²) in [5.74, 6) is 1.85. The molecule has 0 aliphatic carbocycles. The van der Waals surface area contributed by atoms with Gasteiger partial charge in [0, 0.05) is 4.83 Å². The van der Waals surface area contributed by atoms with Gasteiger partial charge < -0.3 is 9.47 Å². The van der Waals surface area contributed by atoms with E-state index < -0.39 is 0 Å². The van der Waals surface area contributed by atoms with Crippen molar-refractivity contribution in [3.8, 4) is 11.5 Å². The van der Waals surface area contributed by atoms with Gasteiger partial charge in [0.15, 0.2) is 0 Å². The number of hydrogen-bond acceptors (Lipinski definition) is 2. The van der Waals surface area contributed by atoms with Gasteiger partial charge in [-0.2, -0.15) is 0 Å². The van der Waals surface area contributed by atoms with Crippen molar-refractivity contribution in [3.05, 3.63) is 59.2 Å². The van der Waals surface area contributed by atoms with Crippen molar-refractivity contribution in [3.63, 3.8) is 0 Å². The summed E-state index contributed by atoms with van der Waals surface area (Å²) in [7, 11) is 3.41. The van der Waals surface area contributed by atoms with Crippen molar-refractivity contribution in [2.75, 3.05) is 14.2 Å². The third-order valence-electron chi connectivity index (χ3n) is 3.39. The lowest BCUT2D eigenvalue weighted by atomic mass is 10.0. The highest BCUT2D eigenvalue weighted by Crippen LogP contribution is 2.33. The first-order chi connectivity index (χ1) is 9.65. The number of para-hydroxylation sites is 1. The second-order valence-corrected chi connectivity index (χ2v) is 5.82. The Balaban J connectivity index is 2.21. The molecule has 1 unspecified atom stereocenters. The van der Waals surface area contributed by atoms with E-state index in [0.717, 1.165) is 23.5 Å². The van der Waals surface area contributed by atoms with E-state index in [0.29, 0.717) is 0 Å². The van der Waals surface area contributed by atoms with Crippen LogP contribution in [0.25, 0.3) is 0 Å². The summed E-state index contributed by atoms with van der Waals surface area (Å²) in [6.45, 7) is 2.05. The lowest BCUT2D eigenvalue weighted by Crippen LogP contribution is -1.99. The third kappa shape index (κ3) is 3.34. The Morgan fingerprint density at radius 1 is 1.00 bits per heavy atom. The molecule has 2 rings (SSSR count). The fourth-order valence-electron chi connectivity index (χ4n) is 2.21. The molecule has 20 heavy (non-hydrogen) atoms. The van der Waals surface area contributed by atoms with E-state index in [1.54, 1.807) is 14.2 Å². The molecule has 2 aromatic rings. The minimum absolute atomic E-state index is 0.230. The van der Waals surface area contributed by atoms with Gasteiger partial charge in [-0.05, 0) is 42.2 Å². The molecule has 0 aliphatic rings. The highest BCUT2D eigenvalue weighted by molar-refractivity contribution is 9.09. The topological polar surface area (TPSA) is 18.5 Å². The normalized spacial score (nSPS) is 12.0. The van der Waals surface area contributed by atoms with Gasteiger partial charge in [-0.3, -0.25) is 0 Å². The molecule has 0 amide bonds. The number of ether oxygens (including phenoxy) is 2. The van der Waals surface area contributed by atoms with E-state index in [9.17, 15) is 0 Å². The first-order valence-corrected chi connectivity index (χ1v) is 7.47. The largest absolute Gasteiger partial charge is 0.496 e. The summed E-state index contributed by atoms with van der Waals surface area (Å²) >= 11 is 3.76. The molecule has 0 saturated heterocycles. The summed E-state index contributed by atoms with van der Waals surface area (Å²) in [4.78, 5) is 0.230. The van der Waals surface area contributed by atoms with Crippen LogP contribution in [0.1, 0.15) is 21.5 Å². The second-order valence-electron chi connectivity index (χ2n) is 4.71. The molecular weight excluding hydrogens is 316 g/mol. The van der Waals surface area contributed by atoms with Crippen LogP contribution in [-0.2, 0) is 6.42 Å². The third-order valence-corrected chi connectivity index (χ3v) is 4.24. The van der Waals surface area contributed by atoms with Gasteiger partial charge in [0.2, 0.25) is 0 Å². The molecule has 0 radical (unpaired) electrons. The maximum atomic E-state index is 5.40. The average Bonchev–Trinajstić information content (AvgIpc) is 2.48. The fourth-order valence-corrected chi connectivity index (χ4v) is 2.85. The Morgan fingerprint density at radius 3 is 2.40 bits per heavy atom. The van der Waals surface area contributed by atoms with Crippen molar-refractivity contribution in [2.24, 2.45) is 0 Å². The fraction of sp³-hybridized carbons (Fsp3) is 0.294. The highest BCUT2D eigenvalue weighted by atomic mass is 79.9. The van der Waals surface area contributed by atoms with E-state index in [1.165, 1.54) is 11.1 Å². The van der Waals surface area contributed by atoms with E-state index in [1.807, 2.05) is 25.1 Å². The van der Waals surface area contributed by atoms with Gasteiger partial charge in [0.25, 0.3) is 0 Å². The SMILES string of the molecule is COc1cc(C(Br)Cc2ccccc2OC)ccc1C. The summed E-state index contributed by atoms with van der Waals surface area (Å²) in [5, 5.41) is 0. The van der Waals surface area contributed by atoms with Crippen LogP contribution < -0.4 is 9.47 Å². The number of halogens is 1. The standard InChI is InChI=1S/C17H19BrO2/c1-12-8-9-13(11-17(12)20-3)15(18)10-14-6-4-5-7-16(14)19-2/h4-9,11,15H,10H2,1-3H3. The van der Waals surface area contributed by atoms with Crippen molar-refractivity contribution in [2.45, 2.75) is 18.2 Å². The van der Waals surface area contributed by atoms with Gasteiger partial charge in [0.1, 0.15) is 11.5 Å². The first-order valence-electron chi connectivity index (χ1n) is 6.56. The molecule has 0 aliphatic heterocycles. The van der Waals surface area contributed by atoms with Crippen LogP contribution in [0.2, 0.25) is 0 Å². The summed E-state index contributed by atoms with van der Waals surface area (Å²) in [6.07, 6.45) is 0.871. The molecule has 0 N–H and O–H groups in total. The molecule has 0 bridgehead atoms. The quantitative estimate of drug-likeness (QED) is 0.738. The lowest BCUT2D eigenvalue weighted by Gasteiger charge is -2.15. The number of methoxy groups -OCH3 is 2. The van der Waals surface area contributed by atoms with Gasteiger partial charge in [0.05, 0.1) is 14.2 Å². The number of rotatable bonds is 5. The number of hydrogen-bond donors (Lipinski definition) is 0. The summed E-state index contributed by atoms with van der Waals surface area (Å²) in [6, 6.07) is 14.4. The Hall–Kier alpha value is -1.48. The van der Waals surface area contributed by atoms with Crippen molar-refractivity contribution in [1.29, 1.82) is 0 Å². The monoisotopic (exact) mass is 334 g/mol. The first kappa shape index (κ1) is 14.9. The molecule has 0 spiro atoms. The van der Waals surface area contributed by atoms with Crippen LogP contribution in [0.4, 0.5) is 0 Å². The van der Waals surface area contributed by atoms with Crippen LogP contribution >= 0.6 is 15.9 Å². The van der Waals surface area contributed by atoms with Crippen molar-refractivity contribution in [1.82, 2.24) is 0 Å². The predicted octanol–water partition coefficient (Wildman–Crippen LogP) is 4.69. The molecule has 1 atom stereocenters. The molecule has 106 valence electrons. The maximum Gasteiger partial charge on any atom is 0.122 e. The molecule has 0 fully saturated rings. The molecular formula is C17H19BrO2. The molecule has 0 saturated carbocycles. The zero-order chi connectivity index (χ0) is 14.5. The predicted molar refractivity (Wildman–Crippen MR) is 86.1 cm³/mol. The average molecular weight is 335 g/mol. The van der Waals surface area contributed by atoms with E-state index >= 15 is 0 Å². The lowest BCUT2D eigenvalue weighted by molar-refractivity contribution is 0.409. The molecule has 2 aromatic carbocycles. The highest BCUT2D eigenvalue weighted by Gasteiger charge is 2.13. The minimum Gasteiger partial charge on any atom is -0.496 e. The number of benzene rings is 2. The van der Waals surface area contributed by atoms with Crippen LogP contribution in [0, 0.1) is 6.92 Å². The molecule has 0 aromatic heterocycles. The zero-order valence-electron chi connectivity index (χ0n) is 12.0. The molecule has 2 nitrogen and oxygen atoms in total. The number of alkyl halides is 1. The van der Waals surface area contributed by atoms with Crippen LogP contribution in [0.5, 0.6) is 11.5 Å². The van der Waals surface area contributed by atoms with E-state index in [-0.39, 0.29) is 4.83 Å².